The van der Waals surface area contributed by atoms with Gasteiger partial charge in [-0.2, -0.15) is 0 Å². The van der Waals surface area contributed by atoms with Crippen molar-refractivity contribution in [2.45, 2.75) is 0 Å². The molecule has 0 saturated carbocycles. The monoisotopic (exact) mass is 384 g/mol. The number of ether oxygens (including phenoxy) is 1. The highest BCUT2D eigenvalue weighted by Crippen LogP contribution is 2.27. The minimum absolute atomic E-state index is 0.0275. The summed E-state index contributed by atoms with van der Waals surface area (Å²) in [5, 5.41) is 10.8. The molecule has 0 heterocycles. The summed E-state index contributed by atoms with van der Waals surface area (Å²) in [6.45, 7) is 0. The van der Waals surface area contributed by atoms with Crippen molar-refractivity contribution in [1.82, 2.24) is 0 Å². The van der Waals surface area contributed by atoms with Crippen LogP contribution in [0.2, 0.25) is 0 Å². The van der Waals surface area contributed by atoms with Gasteiger partial charge in [0.1, 0.15) is 11.5 Å². The van der Waals surface area contributed by atoms with Gasteiger partial charge in [-0.15, -0.1) is 0 Å². The zero-order chi connectivity index (χ0) is 14.7. The molecule has 6 nitrogen and oxygen atoms in total. The molecule has 2 N–H and O–H groups in total. The number of non-ortho nitro benzene ring substituents is 1. The first-order chi connectivity index (χ1) is 9.45. The Hall–Kier alpha value is -2.16. The first kappa shape index (κ1) is 14.3. The maximum absolute atomic E-state index is 11.2. The van der Waals surface area contributed by atoms with Crippen LogP contribution in [0.1, 0.15) is 10.4 Å². The van der Waals surface area contributed by atoms with Crippen molar-refractivity contribution >= 4 is 34.2 Å². The van der Waals surface area contributed by atoms with Gasteiger partial charge in [0.15, 0.2) is 0 Å². The number of primary amides is 1. The zero-order valence-corrected chi connectivity index (χ0v) is 12.2. The minimum atomic E-state index is -0.749. The maximum atomic E-state index is 11.2. The van der Waals surface area contributed by atoms with E-state index in [4.69, 9.17) is 10.5 Å². The summed E-state index contributed by atoms with van der Waals surface area (Å²) in [7, 11) is 0. The lowest BCUT2D eigenvalue weighted by atomic mass is 10.2. The van der Waals surface area contributed by atoms with Crippen LogP contribution < -0.4 is 10.5 Å². The molecule has 7 heteroatoms. The molecule has 0 spiro atoms. The lowest BCUT2D eigenvalue weighted by molar-refractivity contribution is -0.384. The summed E-state index contributed by atoms with van der Waals surface area (Å²) in [6, 6.07) is 10.8. The average molecular weight is 384 g/mol. The third-order valence-corrected chi connectivity index (χ3v) is 3.16. The molecule has 0 saturated heterocycles. The lowest BCUT2D eigenvalue weighted by Gasteiger charge is -2.07. The van der Waals surface area contributed by atoms with Crippen LogP contribution in [0.4, 0.5) is 5.69 Å². The average Bonchev–Trinajstić information content (AvgIpc) is 2.41. The molecule has 0 radical (unpaired) electrons. The summed E-state index contributed by atoms with van der Waals surface area (Å²) in [6.07, 6.45) is 0. The fraction of sp³-hybridized carbons (Fsp3) is 0. The molecule has 0 atom stereocenters. The Morgan fingerprint density at radius 3 is 2.35 bits per heavy atom. The first-order valence-corrected chi connectivity index (χ1v) is 6.56. The molecule has 2 rings (SSSR count). The molecule has 0 aliphatic heterocycles. The second-order valence-electron chi connectivity index (χ2n) is 3.89. The molecular weight excluding hydrogens is 375 g/mol. The van der Waals surface area contributed by atoms with Crippen molar-refractivity contribution in [3.63, 3.8) is 0 Å². The van der Waals surface area contributed by atoms with Crippen LogP contribution in [0.5, 0.6) is 11.5 Å². The summed E-state index contributed by atoms with van der Waals surface area (Å²) < 4.78 is 6.53. The number of hydrogen-bond donors (Lipinski definition) is 1. The molecular formula is C13H9IN2O4. The Kier molecular flexibility index (Phi) is 4.18. The minimum Gasteiger partial charge on any atom is -0.457 e. The van der Waals surface area contributed by atoms with Gasteiger partial charge in [0.25, 0.3) is 5.69 Å². The van der Waals surface area contributed by atoms with E-state index in [0.717, 1.165) is 9.64 Å². The highest BCUT2D eigenvalue weighted by atomic mass is 127. The molecule has 0 bridgehead atoms. The quantitative estimate of drug-likeness (QED) is 0.498. The van der Waals surface area contributed by atoms with Crippen LogP contribution in [0, 0.1) is 13.7 Å². The third-order valence-electron chi connectivity index (χ3n) is 2.44. The number of amides is 1. The number of nitro groups is 1. The number of nitrogens with zero attached hydrogens (tertiary/aromatic N) is 1. The highest BCUT2D eigenvalue weighted by Gasteiger charge is 2.14. The molecule has 0 aromatic heterocycles. The van der Waals surface area contributed by atoms with Gasteiger partial charge >= 0.3 is 0 Å². The van der Waals surface area contributed by atoms with Crippen LogP contribution in [-0.4, -0.2) is 10.8 Å². The summed E-state index contributed by atoms with van der Waals surface area (Å²) in [5.41, 5.74) is 4.93. The number of rotatable bonds is 4. The molecule has 0 aliphatic rings. The number of hydrogen-bond acceptors (Lipinski definition) is 4. The highest BCUT2D eigenvalue weighted by molar-refractivity contribution is 14.1. The summed E-state index contributed by atoms with van der Waals surface area (Å²) in [4.78, 5) is 21.4. The smallest absolute Gasteiger partial charge is 0.273 e. The molecule has 2 aromatic carbocycles. The van der Waals surface area contributed by atoms with E-state index in [-0.39, 0.29) is 17.0 Å². The van der Waals surface area contributed by atoms with Crippen molar-refractivity contribution < 1.29 is 14.5 Å². The Balaban J connectivity index is 2.37. The van der Waals surface area contributed by atoms with E-state index in [2.05, 4.69) is 22.6 Å². The van der Waals surface area contributed by atoms with Crippen molar-refractivity contribution in [3.8, 4) is 11.5 Å². The predicted molar refractivity (Wildman–Crippen MR) is 80.8 cm³/mol. The van der Waals surface area contributed by atoms with Crippen LogP contribution in [0.15, 0.2) is 42.5 Å². The van der Waals surface area contributed by atoms with Crippen LogP contribution >= 0.6 is 22.6 Å². The Morgan fingerprint density at radius 2 is 1.80 bits per heavy atom. The fourth-order valence-electron chi connectivity index (χ4n) is 1.53. The van der Waals surface area contributed by atoms with Gasteiger partial charge in [0.05, 0.1) is 11.0 Å². The first-order valence-electron chi connectivity index (χ1n) is 5.48. The second-order valence-corrected chi connectivity index (χ2v) is 5.14. The van der Waals surface area contributed by atoms with E-state index in [0.29, 0.717) is 5.75 Å². The molecule has 0 fully saturated rings. The predicted octanol–water partition coefficient (Wildman–Crippen LogP) is 3.09. The number of carbonyl (C=O) groups is 1. The van der Waals surface area contributed by atoms with Crippen molar-refractivity contribution in [1.29, 1.82) is 0 Å². The van der Waals surface area contributed by atoms with Gasteiger partial charge < -0.3 is 10.5 Å². The van der Waals surface area contributed by atoms with Crippen molar-refractivity contribution in [2.75, 3.05) is 0 Å². The Morgan fingerprint density at radius 1 is 1.15 bits per heavy atom. The molecule has 1 amide bonds. The maximum Gasteiger partial charge on any atom is 0.273 e. The van der Waals surface area contributed by atoms with Crippen molar-refractivity contribution in [3.05, 3.63) is 61.7 Å². The standard InChI is InChI=1S/C13H9IN2O4/c14-9-1-3-11(4-2-9)20-12-6-8(13(15)17)5-10(7-12)16(18)19/h1-7H,(H2,15,17). The molecule has 0 aliphatic carbocycles. The van der Waals surface area contributed by atoms with Crippen LogP contribution in [0.3, 0.4) is 0 Å². The van der Waals surface area contributed by atoms with Crippen LogP contribution in [-0.2, 0) is 0 Å². The van der Waals surface area contributed by atoms with Gasteiger partial charge in [-0.3, -0.25) is 14.9 Å². The van der Waals surface area contributed by atoms with Gasteiger partial charge in [0.2, 0.25) is 5.91 Å². The number of nitro benzene ring substituents is 1. The second kappa shape index (κ2) is 5.87. The molecule has 20 heavy (non-hydrogen) atoms. The Labute approximate surface area is 127 Å². The van der Waals surface area contributed by atoms with E-state index >= 15 is 0 Å². The van der Waals surface area contributed by atoms with Gasteiger partial charge in [-0.05, 0) is 52.9 Å². The third kappa shape index (κ3) is 3.44. The van der Waals surface area contributed by atoms with Gasteiger partial charge in [-0.25, -0.2) is 0 Å². The van der Waals surface area contributed by atoms with E-state index in [1.807, 2.05) is 12.1 Å². The Bertz CT molecular complexity index is 638. The number of benzene rings is 2. The summed E-state index contributed by atoms with van der Waals surface area (Å²) >= 11 is 2.15. The largest absolute Gasteiger partial charge is 0.457 e. The molecule has 102 valence electrons. The lowest BCUT2D eigenvalue weighted by Crippen LogP contribution is -2.11. The zero-order valence-electron chi connectivity index (χ0n) is 10.1. The normalized spacial score (nSPS) is 10.1. The van der Waals surface area contributed by atoms with E-state index in [1.54, 1.807) is 12.1 Å². The van der Waals surface area contributed by atoms with E-state index in [9.17, 15) is 14.9 Å². The number of halogens is 1. The summed E-state index contributed by atoms with van der Waals surface area (Å²) in [5.74, 6) is -0.0447. The van der Waals surface area contributed by atoms with E-state index in [1.165, 1.54) is 12.1 Å². The van der Waals surface area contributed by atoms with E-state index < -0.39 is 10.8 Å². The van der Waals surface area contributed by atoms with Gasteiger partial charge in [-0.1, -0.05) is 0 Å². The number of carbonyl (C=O) groups excluding carboxylic acids is 1. The fourth-order valence-corrected chi connectivity index (χ4v) is 1.89. The van der Waals surface area contributed by atoms with Crippen LogP contribution in [0.25, 0.3) is 0 Å². The SMILES string of the molecule is NC(=O)c1cc(Oc2ccc(I)cc2)cc([N+](=O)[O-])c1. The molecule has 2 aromatic rings. The topological polar surface area (TPSA) is 95.5 Å². The van der Waals surface area contributed by atoms with Crippen molar-refractivity contribution in [2.24, 2.45) is 5.73 Å². The number of nitrogens with two attached hydrogens (primary N) is 1. The van der Waals surface area contributed by atoms with Gasteiger partial charge in [0, 0.05) is 15.2 Å². The molecule has 0 unspecified atom stereocenters.